The zero-order chi connectivity index (χ0) is 18.1. The van der Waals surface area contributed by atoms with Crippen LogP contribution in [-0.4, -0.2) is 15.1 Å². The van der Waals surface area contributed by atoms with Crippen LogP contribution in [0.15, 0.2) is 72.8 Å². The lowest BCUT2D eigenvalue weighted by Crippen LogP contribution is -1.85. The van der Waals surface area contributed by atoms with Gasteiger partial charge in [0.25, 0.3) is 0 Å². The van der Waals surface area contributed by atoms with Gasteiger partial charge in [-0.15, -0.1) is 0 Å². The van der Waals surface area contributed by atoms with E-state index in [1.165, 1.54) is 7.14 Å². The Kier molecular flexibility index (Phi) is 4.99. The summed E-state index contributed by atoms with van der Waals surface area (Å²) in [5.74, 6) is 1.03. The van der Waals surface area contributed by atoms with E-state index in [4.69, 9.17) is 4.98 Å². The molecule has 4 rings (SSSR count). The first-order valence-electron chi connectivity index (χ1n) is 8.01. The fourth-order valence-electron chi connectivity index (χ4n) is 2.83. The van der Waals surface area contributed by atoms with Crippen molar-refractivity contribution in [2.24, 2.45) is 0 Å². The maximum absolute atomic E-state index is 9.55. The molecule has 1 aromatic heterocycles. The van der Waals surface area contributed by atoms with E-state index in [0.29, 0.717) is 0 Å². The van der Waals surface area contributed by atoms with Crippen molar-refractivity contribution in [2.75, 3.05) is 0 Å². The number of imidazole rings is 1. The molecule has 2 N–H and O–H groups in total. The maximum Gasteiger partial charge on any atom is 0.138 e. The van der Waals surface area contributed by atoms with Crippen LogP contribution in [0.1, 0.15) is 0 Å². The number of nitrogens with one attached hydrogen (secondary N) is 1. The van der Waals surface area contributed by atoms with E-state index in [2.05, 4.69) is 92.6 Å². The summed E-state index contributed by atoms with van der Waals surface area (Å²) in [4.78, 5) is 8.37. The predicted molar refractivity (Wildman–Crippen MR) is 122 cm³/mol. The summed E-state index contributed by atoms with van der Waals surface area (Å²) in [6.45, 7) is 0. The van der Waals surface area contributed by atoms with Gasteiger partial charge in [0.15, 0.2) is 0 Å². The first-order valence-corrected chi connectivity index (χ1v) is 10.2. The molecule has 0 saturated heterocycles. The summed E-state index contributed by atoms with van der Waals surface area (Å²) in [6.07, 6.45) is 0. The molecule has 4 aromatic rings. The van der Waals surface area contributed by atoms with Crippen molar-refractivity contribution in [3.8, 4) is 39.7 Å². The van der Waals surface area contributed by atoms with Crippen LogP contribution in [0.4, 0.5) is 0 Å². The smallest absolute Gasteiger partial charge is 0.138 e. The molecule has 0 unspecified atom stereocenters. The SMILES string of the molecule is Oc1ccc(-c2nc(-c3cccc(I)c3)c(-c3cccc(I)c3)[nH]2)cc1. The van der Waals surface area contributed by atoms with Crippen LogP contribution in [0, 0.1) is 7.14 Å². The Labute approximate surface area is 178 Å². The van der Waals surface area contributed by atoms with Crippen molar-refractivity contribution < 1.29 is 5.11 Å². The molecule has 0 fully saturated rings. The monoisotopic (exact) mass is 564 g/mol. The number of aromatic nitrogens is 2. The number of benzene rings is 3. The number of aromatic amines is 1. The summed E-state index contributed by atoms with van der Waals surface area (Å²) in [6, 6.07) is 23.8. The van der Waals surface area contributed by atoms with Gasteiger partial charge in [0.05, 0.1) is 11.4 Å². The van der Waals surface area contributed by atoms with Crippen molar-refractivity contribution in [2.45, 2.75) is 0 Å². The number of nitrogens with zero attached hydrogens (tertiary/aromatic N) is 1. The molecule has 1 heterocycles. The van der Waals surface area contributed by atoms with E-state index < -0.39 is 0 Å². The van der Waals surface area contributed by atoms with Gasteiger partial charge >= 0.3 is 0 Å². The lowest BCUT2D eigenvalue weighted by atomic mass is 10.1. The summed E-state index contributed by atoms with van der Waals surface area (Å²) in [5, 5.41) is 9.55. The van der Waals surface area contributed by atoms with Crippen LogP contribution in [0.2, 0.25) is 0 Å². The fourth-order valence-corrected chi connectivity index (χ4v) is 3.91. The van der Waals surface area contributed by atoms with E-state index >= 15 is 0 Å². The van der Waals surface area contributed by atoms with Crippen molar-refractivity contribution in [1.82, 2.24) is 9.97 Å². The molecule has 0 amide bonds. The molecule has 0 aliphatic heterocycles. The lowest BCUT2D eigenvalue weighted by Gasteiger charge is -2.04. The predicted octanol–water partition coefficient (Wildman–Crippen LogP) is 6.33. The molecular weight excluding hydrogens is 550 g/mol. The second-order valence-electron chi connectivity index (χ2n) is 5.88. The second kappa shape index (κ2) is 7.40. The first-order chi connectivity index (χ1) is 12.6. The minimum absolute atomic E-state index is 0.246. The Morgan fingerprint density at radius 2 is 1.35 bits per heavy atom. The third-order valence-corrected chi connectivity index (χ3v) is 5.40. The number of phenolic OH excluding ortho intramolecular Hbond substituents is 1. The van der Waals surface area contributed by atoms with E-state index in [-0.39, 0.29) is 5.75 Å². The quantitative estimate of drug-likeness (QED) is 0.286. The average molecular weight is 564 g/mol. The first kappa shape index (κ1) is 17.5. The normalized spacial score (nSPS) is 10.8. The topological polar surface area (TPSA) is 48.9 Å². The van der Waals surface area contributed by atoms with Gasteiger partial charge in [-0.1, -0.05) is 24.3 Å². The lowest BCUT2D eigenvalue weighted by molar-refractivity contribution is 0.475. The van der Waals surface area contributed by atoms with Crippen LogP contribution < -0.4 is 0 Å². The molecular formula is C21H14I2N2O. The minimum Gasteiger partial charge on any atom is -0.508 e. The molecule has 0 bridgehead atoms. The van der Waals surface area contributed by atoms with Crippen LogP contribution in [0.3, 0.4) is 0 Å². The highest BCUT2D eigenvalue weighted by Gasteiger charge is 2.15. The van der Waals surface area contributed by atoms with Crippen molar-refractivity contribution in [1.29, 1.82) is 0 Å². The molecule has 0 atom stereocenters. The molecule has 0 spiro atoms. The minimum atomic E-state index is 0.246. The highest BCUT2D eigenvalue weighted by atomic mass is 127. The maximum atomic E-state index is 9.55. The van der Waals surface area contributed by atoms with Crippen LogP contribution in [0.5, 0.6) is 5.75 Å². The van der Waals surface area contributed by atoms with E-state index in [1.807, 2.05) is 18.2 Å². The van der Waals surface area contributed by atoms with E-state index in [9.17, 15) is 5.11 Å². The largest absolute Gasteiger partial charge is 0.508 e. The van der Waals surface area contributed by atoms with Gasteiger partial charge in [-0.2, -0.15) is 0 Å². The third-order valence-electron chi connectivity index (χ3n) is 4.06. The molecule has 26 heavy (non-hydrogen) atoms. The summed E-state index contributed by atoms with van der Waals surface area (Å²) in [5.41, 5.74) is 5.03. The molecule has 0 aliphatic rings. The van der Waals surface area contributed by atoms with Crippen LogP contribution in [-0.2, 0) is 0 Å². The summed E-state index contributed by atoms with van der Waals surface area (Å²) >= 11 is 4.64. The molecule has 3 nitrogen and oxygen atoms in total. The Morgan fingerprint density at radius 3 is 2.00 bits per heavy atom. The zero-order valence-corrected chi connectivity index (χ0v) is 17.9. The number of hydrogen-bond donors (Lipinski definition) is 2. The molecule has 0 aliphatic carbocycles. The third kappa shape index (κ3) is 3.64. The second-order valence-corrected chi connectivity index (χ2v) is 8.37. The molecule has 5 heteroatoms. The van der Waals surface area contributed by atoms with Gasteiger partial charge < -0.3 is 10.1 Å². The highest BCUT2D eigenvalue weighted by Crippen LogP contribution is 2.34. The molecule has 0 saturated carbocycles. The summed E-state index contributed by atoms with van der Waals surface area (Å²) < 4.78 is 2.34. The summed E-state index contributed by atoms with van der Waals surface area (Å²) in [7, 11) is 0. The molecule has 128 valence electrons. The van der Waals surface area contributed by atoms with Gasteiger partial charge in [0.2, 0.25) is 0 Å². The number of H-pyrrole nitrogens is 1. The number of phenols is 1. The Balaban J connectivity index is 1.92. The van der Waals surface area contributed by atoms with E-state index in [0.717, 1.165) is 33.9 Å². The van der Waals surface area contributed by atoms with Gasteiger partial charge in [-0.3, -0.25) is 0 Å². The highest BCUT2D eigenvalue weighted by molar-refractivity contribution is 14.1. The Bertz CT molecular complexity index is 1010. The van der Waals surface area contributed by atoms with Crippen molar-refractivity contribution in [3.63, 3.8) is 0 Å². The van der Waals surface area contributed by atoms with Crippen LogP contribution >= 0.6 is 45.2 Å². The van der Waals surface area contributed by atoms with Crippen molar-refractivity contribution in [3.05, 3.63) is 79.9 Å². The Morgan fingerprint density at radius 1 is 0.731 bits per heavy atom. The molecule has 0 radical (unpaired) electrons. The molecule has 3 aromatic carbocycles. The van der Waals surface area contributed by atoms with Crippen molar-refractivity contribution >= 4 is 45.2 Å². The standard InChI is InChI=1S/C21H14I2N2O/c22-16-5-1-3-14(11-16)19-20(15-4-2-6-17(23)12-15)25-21(24-19)13-7-9-18(26)10-8-13/h1-12,26H,(H,24,25). The van der Waals surface area contributed by atoms with Gasteiger partial charge in [0.1, 0.15) is 11.6 Å². The van der Waals surface area contributed by atoms with E-state index in [1.54, 1.807) is 12.1 Å². The zero-order valence-electron chi connectivity index (χ0n) is 13.6. The van der Waals surface area contributed by atoms with Gasteiger partial charge in [-0.25, -0.2) is 4.98 Å². The number of rotatable bonds is 3. The number of halogens is 2. The van der Waals surface area contributed by atoms with Crippen LogP contribution in [0.25, 0.3) is 33.9 Å². The Hall–Kier alpha value is -1.87. The average Bonchev–Trinajstić information content (AvgIpc) is 3.08. The van der Waals surface area contributed by atoms with Gasteiger partial charge in [-0.05, 0) is 93.7 Å². The fraction of sp³-hybridized carbons (Fsp3) is 0. The number of hydrogen-bond acceptors (Lipinski definition) is 2. The van der Waals surface area contributed by atoms with Gasteiger partial charge in [0, 0.05) is 23.8 Å². The number of aromatic hydroxyl groups is 1.